The third kappa shape index (κ3) is 6.28. The van der Waals surface area contributed by atoms with E-state index in [0.29, 0.717) is 0 Å². The van der Waals surface area contributed by atoms with E-state index in [-0.39, 0.29) is 22.5 Å². The van der Waals surface area contributed by atoms with E-state index in [4.69, 9.17) is 14.4 Å². The highest BCUT2D eigenvalue weighted by Gasteiger charge is 2.34. The molecule has 5 heteroatoms. The first-order chi connectivity index (χ1) is 10.6. The van der Waals surface area contributed by atoms with Gasteiger partial charge in [0.1, 0.15) is 0 Å². The van der Waals surface area contributed by atoms with E-state index in [1.54, 1.807) is 0 Å². The Morgan fingerprint density at radius 1 is 1.35 bits per heavy atom. The highest BCUT2D eigenvalue weighted by Crippen LogP contribution is 2.31. The lowest BCUT2D eigenvalue weighted by Crippen LogP contribution is -2.44. The van der Waals surface area contributed by atoms with E-state index in [9.17, 15) is 0 Å². The fourth-order valence-corrected chi connectivity index (χ4v) is 2.38. The van der Waals surface area contributed by atoms with Gasteiger partial charge in [-0.05, 0) is 73.2 Å². The zero-order valence-electron chi connectivity index (χ0n) is 15.8. The first-order valence-electron chi connectivity index (χ1n) is 8.64. The third-order valence-corrected chi connectivity index (χ3v) is 5.37. The maximum Gasteiger partial charge on any atom is 0.332 e. The van der Waals surface area contributed by atoms with Gasteiger partial charge in [0.2, 0.25) is 0 Å². The Labute approximate surface area is 149 Å². The Morgan fingerprint density at radius 3 is 2.48 bits per heavy atom. The van der Waals surface area contributed by atoms with Gasteiger partial charge >= 0.3 is 7.48 Å². The highest BCUT2D eigenvalue weighted by atomic mass is 32.1. The molecule has 1 heterocycles. The van der Waals surface area contributed by atoms with Crippen LogP contribution in [-0.4, -0.2) is 42.3 Å². The Hall–Kier alpha value is -0.255. The summed E-state index contributed by atoms with van der Waals surface area (Å²) < 4.78 is 11.6. The highest BCUT2D eigenvalue weighted by molar-refractivity contribution is 7.81. The van der Waals surface area contributed by atoms with Crippen molar-refractivity contribution in [2.75, 3.05) is 6.61 Å². The van der Waals surface area contributed by atoms with Crippen molar-refractivity contribution in [2.45, 2.75) is 90.2 Å². The molecule has 23 heavy (non-hydrogen) atoms. The smallest absolute Gasteiger partial charge is 0.332 e. The van der Waals surface area contributed by atoms with Crippen molar-refractivity contribution in [2.24, 2.45) is 4.99 Å². The minimum absolute atomic E-state index is 0.174. The van der Waals surface area contributed by atoms with Crippen LogP contribution in [-0.2, 0) is 9.39 Å². The van der Waals surface area contributed by atoms with Crippen molar-refractivity contribution in [3.63, 3.8) is 0 Å². The summed E-state index contributed by atoms with van der Waals surface area (Å²) in [6.07, 6.45) is 5.78. The molecule has 1 radical (unpaired) electrons. The van der Waals surface area contributed by atoms with E-state index in [2.05, 4.69) is 47.2 Å². The van der Waals surface area contributed by atoms with Crippen molar-refractivity contribution in [1.82, 2.24) is 0 Å². The molecular weight excluding hydrogens is 305 g/mol. The van der Waals surface area contributed by atoms with Crippen LogP contribution in [0.4, 0.5) is 0 Å². The molecule has 2 unspecified atom stereocenters. The first kappa shape index (κ1) is 20.8. The number of hydrogen-bond donors (Lipinski definition) is 1. The topological polar surface area (TPSA) is 30.8 Å². The molecular formula is C18H33BNO2S. The molecule has 3 nitrogen and oxygen atoms in total. The normalized spacial score (nSPS) is 22.9. The monoisotopic (exact) mass is 338 g/mol. The molecule has 1 aliphatic heterocycles. The molecule has 0 spiro atoms. The van der Waals surface area contributed by atoms with Gasteiger partial charge in [-0.3, -0.25) is 4.99 Å². The largest absolute Gasteiger partial charge is 0.428 e. The molecule has 0 amide bonds. The molecule has 1 aliphatic rings. The maximum atomic E-state index is 6.01. The van der Waals surface area contributed by atoms with Gasteiger partial charge in [-0.25, -0.2) is 0 Å². The SMILES string of the molecule is C/C=C(/[B]OC(C)(C)C(C)(C)S)C(C)=NC(C)C1CCCCO1. The average molecular weight is 338 g/mol. The second kappa shape index (κ2) is 8.73. The lowest BCUT2D eigenvalue weighted by Gasteiger charge is -2.38. The minimum atomic E-state index is -0.372. The number of nitrogens with zero attached hydrogens (tertiary/aromatic N) is 1. The number of aliphatic imine (C=N–C) groups is 1. The summed E-state index contributed by atoms with van der Waals surface area (Å²) in [6, 6.07) is 0.174. The minimum Gasteiger partial charge on any atom is -0.428 e. The van der Waals surface area contributed by atoms with E-state index < -0.39 is 0 Å². The summed E-state index contributed by atoms with van der Waals surface area (Å²) in [7, 11) is 1.81. The predicted molar refractivity (Wildman–Crippen MR) is 104 cm³/mol. The second-order valence-corrected chi connectivity index (χ2v) is 8.53. The van der Waals surface area contributed by atoms with Crippen molar-refractivity contribution in [3.8, 4) is 0 Å². The van der Waals surface area contributed by atoms with Crippen molar-refractivity contribution < 1.29 is 9.39 Å². The van der Waals surface area contributed by atoms with Gasteiger partial charge in [0.05, 0.1) is 17.7 Å². The molecule has 0 bridgehead atoms. The Kier molecular flexibility index (Phi) is 7.89. The van der Waals surface area contributed by atoms with Crippen LogP contribution in [0.2, 0.25) is 0 Å². The van der Waals surface area contributed by atoms with E-state index in [0.717, 1.165) is 24.2 Å². The van der Waals surface area contributed by atoms with Crippen LogP contribution >= 0.6 is 12.6 Å². The van der Waals surface area contributed by atoms with Gasteiger partial charge in [0.15, 0.2) is 0 Å². The number of allylic oxidation sites excluding steroid dienone is 2. The van der Waals surface area contributed by atoms with Crippen LogP contribution in [0.25, 0.3) is 0 Å². The first-order valence-corrected chi connectivity index (χ1v) is 9.09. The van der Waals surface area contributed by atoms with Crippen molar-refractivity contribution >= 4 is 25.8 Å². The molecule has 2 atom stereocenters. The Balaban J connectivity index is 2.67. The molecule has 1 saturated heterocycles. The van der Waals surface area contributed by atoms with Gasteiger partial charge in [0.25, 0.3) is 0 Å². The molecule has 0 aromatic rings. The standard InChI is InChI=1S/C18H33BNO2S/c1-8-15(19-22-17(4,5)18(6,7)23)13(2)20-14(3)16-11-9-10-12-21-16/h8,14,16,23H,9-12H2,1-7H3/b15-8+,20-13?. The molecule has 0 aliphatic carbocycles. The van der Waals surface area contributed by atoms with Gasteiger partial charge in [-0.1, -0.05) is 6.08 Å². The summed E-state index contributed by atoms with van der Waals surface area (Å²) >= 11 is 4.63. The van der Waals surface area contributed by atoms with Crippen LogP contribution < -0.4 is 0 Å². The molecule has 0 N–H and O–H groups in total. The number of thiol groups is 1. The molecule has 131 valence electrons. The Bertz CT molecular complexity index is 435. The summed E-state index contributed by atoms with van der Waals surface area (Å²) in [6.45, 7) is 15.3. The average Bonchev–Trinajstić information content (AvgIpc) is 2.47. The summed E-state index contributed by atoms with van der Waals surface area (Å²) in [4.78, 5) is 4.83. The molecule has 1 rings (SSSR count). The van der Waals surface area contributed by atoms with Crippen LogP contribution in [0, 0.1) is 0 Å². The van der Waals surface area contributed by atoms with Crippen molar-refractivity contribution in [1.29, 1.82) is 0 Å². The van der Waals surface area contributed by atoms with Crippen LogP contribution in [0.15, 0.2) is 16.5 Å². The van der Waals surface area contributed by atoms with Crippen molar-refractivity contribution in [3.05, 3.63) is 11.5 Å². The lowest BCUT2D eigenvalue weighted by atomic mass is 9.80. The summed E-state index contributed by atoms with van der Waals surface area (Å²) in [5, 5.41) is 0. The molecule has 0 aromatic carbocycles. The van der Waals surface area contributed by atoms with E-state index in [1.165, 1.54) is 12.8 Å². The summed E-state index contributed by atoms with van der Waals surface area (Å²) in [5.74, 6) is 0. The van der Waals surface area contributed by atoms with Gasteiger partial charge in [-0.2, -0.15) is 12.6 Å². The Morgan fingerprint density at radius 2 is 2.00 bits per heavy atom. The zero-order valence-corrected chi connectivity index (χ0v) is 16.7. The van der Waals surface area contributed by atoms with Gasteiger partial charge < -0.3 is 9.39 Å². The quantitative estimate of drug-likeness (QED) is 0.423. The molecule has 0 saturated carbocycles. The molecule has 0 aromatic heterocycles. The van der Waals surface area contributed by atoms with E-state index >= 15 is 0 Å². The van der Waals surface area contributed by atoms with Crippen LogP contribution in [0.1, 0.15) is 67.7 Å². The van der Waals surface area contributed by atoms with Gasteiger partial charge in [0, 0.05) is 17.1 Å². The molecule has 1 fully saturated rings. The zero-order chi connectivity index (χ0) is 17.7. The van der Waals surface area contributed by atoms with Crippen LogP contribution in [0.5, 0.6) is 0 Å². The number of hydrogen-bond acceptors (Lipinski definition) is 4. The van der Waals surface area contributed by atoms with Crippen LogP contribution in [0.3, 0.4) is 0 Å². The fourth-order valence-electron chi connectivity index (χ4n) is 2.33. The van der Waals surface area contributed by atoms with Gasteiger partial charge in [-0.15, -0.1) is 0 Å². The summed E-state index contributed by atoms with van der Waals surface area (Å²) in [5.41, 5.74) is 1.63. The maximum absolute atomic E-state index is 6.01. The lowest BCUT2D eigenvalue weighted by molar-refractivity contribution is 0.00453. The van der Waals surface area contributed by atoms with E-state index in [1.807, 2.05) is 27.4 Å². The number of rotatable bonds is 7. The fraction of sp³-hybridized carbons (Fsp3) is 0.833. The second-order valence-electron chi connectivity index (χ2n) is 7.41. The third-order valence-electron chi connectivity index (χ3n) is 4.83. The predicted octanol–water partition coefficient (Wildman–Crippen LogP) is 4.43. The number of ether oxygens (including phenoxy) is 1.